The van der Waals surface area contributed by atoms with Gasteiger partial charge in [0.25, 0.3) is 0 Å². The van der Waals surface area contributed by atoms with Crippen LogP contribution in [-0.2, 0) is 0 Å². The Kier molecular flexibility index (Phi) is 4.02. The Balaban J connectivity index is 1.90. The summed E-state index contributed by atoms with van der Waals surface area (Å²) in [6.07, 6.45) is 4.81. The van der Waals surface area contributed by atoms with Gasteiger partial charge in [-0.2, -0.15) is 0 Å². The van der Waals surface area contributed by atoms with Crippen molar-refractivity contribution in [1.29, 1.82) is 0 Å². The predicted molar refractivity (Wildman–Crippen MR) is 48.8 cm³/mol. The first-order valence-corrected chi connectivity index (χ1v) is 4.99. The van der Waals surface area contributed by atoms with E-state index < -0.39 is 0 Å². The molecule has 2 nitrogen and oxygen atoms in total. The summed E-state index contributed by atoms with van der Waals surface area (Å²) in [6, 6.07) is 0. The van der Waals surface area contributed by atoms with E-state index in [1.807, 2.05) is 0 Å². The lowest BCUT2D eigenvalue weighted by Crippen LogP contribution is -2.00. The molecule has 0 saturated heterocycles. The molecule has 72 valence electrons. The van der Waals surface area contributed by atoms with Gasteiger partial charge in [-0.25, -0.2) is 0 Å². The third-order valence-electron chi connectivity index (χ3n) is 2.89. The van der Waals surface area contributed by atoms with E-state index in [1.165, 1.54) is 19.3 Å². The lowest BCUT2D eigenvalue weighted by atomic mass is 10.0. The van der Waals surface area contributed by atoms with Crippen molar-refractivity contribution in [2.24, 2.45) is 17.8 Å². The third-order valence-corrected chi connectivity index (χ3v) is 2.89. The second kappa shape index (κ2) is 4.83. The van der Waals surface area contributed by atoms with Crippen molar-refractivity contribution in [1.82, 2.24) is 0 Å². The Bertz CT molecular complexity index is 125. The molecule has 1 rings (SSSR count). The zero-order valence-electron chi connectivity index (χ0n) is 7.87. The Labute approximate surface area is 74.6 Å². The summed E-state index contributed by atoms with van der Waals surface area (Å²) in [7, 11) is 0. The van der Waals surface area contributed by atoms with Crippen LogP contribution in [0.4, 0.5) is 0 Å². The van der Waals surface area contributed by atoms with Crippen molar-refractivity contribution >= 4 is 0 Å². The average molecular weight is 172 g/mol. The van der Waals surface area contributed by atoms with Gasteiger partial charge in [-0.1, -0.05) is 19.8 Å². The SMILES string of the molecule is C[C@H](CO)CCC[C@H]1C[C@H]1CO. The molecule has 0 bridgehead atoms. The largest absolute Gasteiger partial charge is 0.396 e. The standard InChI is InChI=1S/C10H20O2/c1-8(6-11)3-2-4-9-5-10(9)7-12/h8-12H,2-7H2,1H3/t8-,9-,10-/m0/s1. The Morgan fingerprint density at radius 3 is 2.58 bits per heavy atom. The van der Waals surface area contributed by atoms with E-state index >= 15 is 0 Å². The van der Waals surface area contributed by atoms with Gasteiger partial charge in [-0.15, -0.1) is 0 Å². The van der Waals surface area contributed by atoms with Crippen molar-refractivity contribution in [2.45, 2.75) is 32.6 Å². The molecule has 0 unspecified atom stereocenters. The van der Waals surface area contributed by atoms with Crippen LogP contribution in [0.25, 0.3) is 0 Å². The number of hydrogen-bond donors (Lipinski definition) is 2. The smallest absolute Gasteiger partial charge is 0.0462 e. The average Bonchev–Trinajstić information content (AvgIpc) is 2.83. The molecule has 1 aliphatic carbocycles. The van der Waals surface area contributed by atoms with Crippen LogP contribution in [0.5, 0.6) is 0 Å². The molecule has 12 heavy (non-hydrogen) atoms. The van der Waals surface area contributed by atoms with Crippen LogP contribution in [0.3, 0.4) is 0 Å². The van der Waals surface area contributed by atoms with Gasteiger partial charge < -0.3 is 10.2 Å². The lowest BCUT2D eigenvalue weighted by Gasteiger charge is -2.06. The zero-order chi connectivity index (χ0) is 8.97. The molecule has 0 amide bonds. The number of hydrogen-bond acceptors (Lipinski definition) is 2. The summed E-state index contributed by atoms with van der Waals surface area (Å²) in [5, 5.41) is 17.6. The maximum atomic E-state index is 8.79. The van der Waals surface area contributed by atoms with Gasteiger partial charge in [-0.3, -0.25) is 0 Å². The Hall–Kier alpha value is -0.0800. The first kappa shape index (κ1) is 10.0. The van der Waals surface area contributed by atoms with Crippen LogP contribution in [-0.4, -0.2) is 23.4 Å². The van der Waals surface area contributed by atoms with Crippen molar-refractivity contribution in [3.8, 4) is 0 Å². The first-order chi connectivity index (χ1) is 5.77. The van der Waals surface area contributed by atoms with Crippen LogP contribution < -0.4 is 0 Å². The molecule has 0 radical (unpaired) electrons. The third kappa shape index (κ3) is 3.11. The lowest BCUT2D eigenvalue weighted by molar-refractivity contribution is 0.225. The van der Waals surface area contributed by atoms with Gasteiger partial charge >= 0.3 is 0 Å². The van der Waals surface area contributed by atoms with Gasteiger partial charge in [0.15, 0.2) is 0 Å². The van der Waals surface area contributed by atoms with Gasteiger partial charge in [-0.05, 0) is 30.6 Å². The molecule has 1 saturated carbocycles. The summed E-state index contributed by atoms with van der Waals surface area (Å²) in [5.41, 5.74) is 0. The highest BCUT2D eigenvalue weighted by atomic mass is 16.3. The van der Waals surface area contributed by atoms with Gasteiger partial charge in [0.1, 0.15) is 0 Å². The van der Waals surface area contributed by atoms with Crippen molar-refractivity contribution in [3.63, 3.8) is 0 Å². The van der Waals surface area contributed by atoms with Crippen LogP contribution in [0, 0.1) is 17.8 Å². The van der Waals surface area contributed by atoms with Crippen LogP contribution in [0.2, 0.25) is 0 Å². The number of aliphatic hydroxyl groups is 2. The second-order valence-electron chi connectivity index (χ2n) is 4.16. The molecule has 1 aliphatic rings. The molecule has 0 aromatic rings. The summed E-state index contributed by atoms with van der Waals surface area (Å²) in [5.74, 6) is 1.85. The molecule has 0 heterocycles. The van der Waals surface area contributed by atoms with Crippen molar-refractivity contribution in [2.75, 3.05) is 13.2 Å². The molecular formula is C10H20O2. The molecule has 2 N–H and O–H groups in total. The maximum absolute atomic E-state index is 8.79. The molecule has 1 fully saturated rings. The molecule has 0 spiro atoms. The van der Waals surface area contributed by atoms with E-state index in [0.29, 0.717) is 25.0 Å². The fourth-order valence-corrected chi connectivity index (χ4v) is 1.71. The van der Waals surface area contributed by atoms with Crippen LogP contribution in [0.1, 0.15) is 32.6 Å². The highest BCUT2D eigenvalue weighted by molar-refractivity contribution is 4.85. The number of aliphatic hydroxyl groups excluding tert-OH is 2. The van der Waals surface area contributed by atoms with Crippen molar-refractivity contribution < 1.29 is 10.2 Å². The van der Waals surface area contributed by atoms with Crippen LogP contribution >= 0.6 is 0 Å². The molecular weight excluding hydrogens is 152 g/mol. The summed E-state index contributed by atoms with van der Waals surface area (Å²) >= 11 is 0. The van der Waals surface area contributed by atoms with Crippen LogP contribution in [0.15, 0.2) is 0 Å². The fraction of sp³-hybridized carbons (Fsp3) is 1.00. The monoisotopic (exact) mass is 172 g/mol. The minimum atomic E-state index is 0.314. The van der Waals surface area contributed by atoms with E-state index in [1.54, 1.807) is 0 Å². The van der Waals surface area contributed by atoms with Gasteiger partial charge in [0, 0.05) is 13.2 Å². The summed E-state index contributed by atoms with van der Waals surface area (Å²) in [6.45, 7) is 2.77. The fourth-order valence-electron chi connectivity index (χ4n) is 1.71. The molecule has 3 atom stereocenters. The topological polar surface area (TPSA) is 40.5 Å². The molecule has 0 aromatic heterocycles. The van der Waals surface area contributed by atoms with E-state index in [9.17, 15) is 0 Å². The van der Waals surface area contributed by atoms with E-state index in [-0.39, 0.29) is 0 Å². The van der Waals surface area contributed by atoms with Crippen molar-refractivity contribution in [3.05, 3.63) is 0 Å². The maximum Gasteiger partial charge on any atom is 0.0462 e. The summed E-state index contributed by atoms with van der Waals surface area (Å²) in [4.78, 5) is 0. The van der Waals surface area contributed by atoms with E-state index in [0.717, 1.165) is 12.3 Å². The highest BCUT2D eigenvalue weighted by Gasteiger charge is 2.35. The predicted octanol–water partition coefficient (Wildman–Crippen LogP) is 1.41. The highest BCUT2D eigenvalue weighted by Crippen LogP contribution is 2.41. The quantitative estimate of drug-likeness (QED) is 0.636. The Morgan fingerprint density at radius 2 is 2.08 bits per heavy atom. The van der Waals surface area contributed by atoms with Gasteiger partial charge in [0.05, 0.1) is 0 Å². The van der Waals surface area contributed by atoms with Gasteiger partial charge in [0.2, 0.25) is 0 Å². The Morgan fingerprint density at radius 1 is 1.33 bits per heavy atom. The van der Waals surface area contributed by atoms with E-state index in [4.69, 9.17) is 10.2 Å². The van der Waals surface area contributed by atoms with E-state index in [2.05, 4.69) is 6.92 Å². The minimum Gasteiger partial charge on any atom is -0.396 e. The molecule has 2 heteroatoms. The normalized spacial score (nSPS) is 30.2. The first-order valence-electron chi connectivity index (χ1n) is 4.99. The molecule has 0 aliphatic heterocycles. The zero-order valence-corrected chi connectivity index (χ0v) is 7.87. The summed E-state index contributed by atoms with van der Waals surface area (Å²) < 4.78 is 0. The minimum absolute atomic E-state index is 0.314. The number of rotatable bonds is 6. The molecule has 0 aromatic carbocycles. The second-order valence-corrected chi connectivity index (χ2v) is 4.16.